The molecule has 2 rings (SSSR count). The average Bonchev–Trinajstić information content (AvgIpc) is 2.98. The second-order valence-electron chi connectivity index (χ2n) is 3.97. The van der Waals surface area contributed by atoms with E-state index in [-0.39, 0.29) is 11.5 Å². The molecule has 3 N–H and O–H groups in total. The van der Waals surface area contributed by atoms with Gasteiger partial charge in [-0.3, -0.25) is 4.79 Å². The van der Waals surface area contributed by atoms with Gasteiger partial charge in [-0.2, -0.15) is 0 Å². The van der Waals surface area contributed by atoms with Crippen LogP contribution < -0.4 is 11.3 Å². The molecule has 0 aromatic carbocycles. The Morgan fingerprint density at radius 1 is 1.71 bits per heavy atom. The summed E-state index contributed by atoms with van der Waals surface area (Å²) in [6, 6.07) is 1.55. The lowest BCUT2D eigenvalue weighted by Gasteiger charge is -2.08. The van der Waals surface area contributed by atoms with Crippen molar-refractivity contribution in [2.24, 2.45) is 5.73 Å². The Hall–Kier alpha value is -1.16. The molecule has 1 saturated carbocycles. The van der Waals surface area contributed by atoms with Crippen LogP contribution in [0.25, 0.3) is 0 Å². The molecule has 1 aliphatic rings. The van der Waals surface area contributed by atoms with Gasteiger partial charge in [0.1, 0.15) is 5.82 Å². The molecule has 0 bridgehead atoms. The summed E-state index contributed by atoms with van der Waals surface area (Å²) in [6.07, 6.45) is 2.28. The molecule has 1 atom stereocenters. The Bertz CT molecular complexity index is 381. The topological polar surface area (TPSA) is 71.8 Å². The number of H-pyrrole nitrogens is 1. The zero-order valence-electron chi connectivity index (χ0n) is 8.29. The normalized spacial score (nSPS) is 18.1. The quantitative estimate of drug-likeness (QED) is 0.742. The van der Waals surface area contributed by atoms with Gasteiger partial charge in [0.15, 0.2) is 0 Å². The number of nitrogens with one attached hydrogen (secondary N) is 1. The Balaban J connectivity index is 2.35. The molecule has 0 saturated heterocycles. The van der Waals surface area contributed by atoms with Gasteiger partial charge >= 0.3 is 0 Å². The molecule has 4 nitrogen and oxygen atoms in total. The molecule has 1 unspecified atom stereocenters. The molecular formula is C10H15N3O. The fraction of sp³-hybridized carbons (Fsp3) is 0.600. The van der Waals surface area contributed by atoms with Gasteiger partial charge in [-0.1, -0.05) is 6.92 Å². The van der Waals surface area contributed by atoms with Gasteiger partial charge in [0.25, 0.3) is 5.56 Å². The van der Waals surface area contributed by atoms with Crippen molar-refractivity contribution < 1.29 is 0 Å². The number of aromatic nitrogens is 2. The van der Waals surface area contributed by atoms with Crippen LogP contribution in [-0.2, 0) is 0 Å². The van der Waals surface area contributed by atoms with Crippen LogP contribution in [0.1, 0.15) is 43.1 Å². The molecule has 14 heavy (non-hydrogen) atoms. The first-order valence-corrected chi connectivity index (χ1v) is 5.02. The highest BCUT2D eigenvalue weighted by atomic mass is 16.1. The predicted octanol–water partition coefficient (Wildman–Crippen LogP) is 0.710. The van der Waals surface area contributed by atoms with E-state index in [1.54, 1.807) is 6.07 Å². The smallest absolute Gasteiger partial charge is 0.251 e. The molecule has 0 spiro atoms. The summed E-state index contributed by atoms with van der Waals surface area (Å²) in [7, 11) is 0. The minimum absolute atomic E-state index is 0.0581. The Morgan fingerprint density at radius 2 is 2.43 bits per heavy atom. The number of hydrogen-bond donors (Lipinski definition) is 2. The van der Waals surface area contributed by atoms with Gasteiger partial charge in [0, 0.05) is 24.4 Å². The maximum absolute atomic E-state index is 11.3. The van der Waals surface area contributed by atoms with E-state index in [2.05, 4.69) is 9.97 Å². The highest BCUT2D eigenvalue weighted by molar-refractivity contribution is 5.13. The SMILES string of the molecule is CC(CN)c1cc(=O)[nH]c(C2CC2)n1. The lowest BCUT2D eigenvalue weighted by molar-refractivity contribution is 0.721. The average molecular weight is 193 g/mol. The minimum Gasteiger partial charge on any atom is -0.330 e. The molecule has 1 aliphatic carbocycles. The van der Waals surface area contributed by atoms with Crippen LogP contribution >= 0.6 is 0 Å². The number of rotatable bonds is 3. The number of hydrogen-bond acceptors (Lipinski definition) is 3. The van der Waals surface area contributed by atoms with Crippen LogP contribution in [0.3, 0.4) is 0 Å². The zero-order valence-corrected chi connectivity index (χ0v) is 8.29. The summed E-state index contributed by atoms with van der Waals surface area (Å²) in [5, 5.41) is 0. The minimum atomic E-state index is -0.0581. The molecule has 1 aromatic rings. The van der Waals surface area contributed by atoms with Crippen LogP contribution in [-0.4, -0.2) is 16.5 Å². The second-order valence-corrected chi connectivity index (χ2v) is 3.97. The van der Waals surface area contributed by atoms with Crippen LogP contribution in [0.15, 0.2) is 10.9 Å². The van der Waals surface area contributed by atoms with Crippen molar-refractivity contribution in [3.8, 4) is 0 Å². The summed E-state index contributed by atoms with van der Waals surface area (Å²) in [5.41, 5.74) is 6.30. The number of nitrogens with two attached hydrogens (primary N) is 1. The largest absolute Gasteiger partial charge is 0.330 e. The Labute approximate surface area is 82.6 Å². The van der Waals surface area contributed by atoms with Crippen molar-refractivity contribution in [3.63, 3.8) is 0 Å². The van der Waals surface area contributed by atoms with Crippen molar-refractivity contribution in [1.29, 1.82) is 0 Å². The van der Waals surface area contributed by atoms with E-state index in [0.29, 0.717) is 12.5 Å². The van der Waals surface area contributed by atoms with Gasteiger partial charge in [-0.05, 0) is 12.8 Å². The monoisotopic (exact) mass is 193 g/mol. The van der Waals surface area contributed by atoms with Gasteiger partial charge in [0.2, 0.25) is 0 Å². The first kappa shape index (κ1) is 9.40. The zero-order chi connectivity index (χ0) is 10.1. The summed E-state index contributed by atoms with van der Waals surface area (Å²) in [4.78, 5) is 18.5. The molecular weight excluding hydrogens is 178 g/mol. The third kappa shape index (κ3) is 1.85. The van der Waals surface area contributed by atoms with Crippen molar-refractivity contribution in [2.75, 3.05) is 6.54 Å². The number of aromatic amines is 1. The fourth-order valence-electron chi connectivity index (χ4n) is 1.42. The van der Waals surface area contributed by atoms with Gasteiger partial charge < -0.3 is 10.7 Å². The molecule has 0 radical (unpaired) electrons. The molecule has 1 fully saturated rings. The molecule has 0 aliphatic heterocycles. The highest BCUT2D eigenvalue weighted by Crippen LogP contribution is 2.37. The van der Waals surface area contributed by atoms with Crippen LogP contribution in [0.2, 0.25) is 0 Å². The van der Waals surface area contributed by atoms with Gasteiger partial charge in [-0.25, -0.2) is 4.98 Å². The summed E-state index contributed by atoms with van der Waals surface area (Å²) < 4.78 is 0. The van der Waals surface area contributed by atoms with Gasteiger partial charge in [-0.15, -0.1) is 0 Å². The maximum atomic E-state index is 11.3. The van der Waals surface area contributed by atoms with Crippen molar-refractivity contribution in [2.45, 2.75) is 31.6 Å². The predicted molar refractivity (Wildman–Crippen MR) is 54.3 cm³/mol. The third-order valence-electron chi connectivity index (χ3n) is 2.60. The molecule has 1 heterocycles. The van der Waals surface area contributed by atoms with Crippen molar-refractivity contribution in [3.05, 3.63) is 27.9 Å². The molecule has 0 amide bonds. The second kappa shape index (κ2) is 3.53. The van der Waals surface area contributed by atoms with Crippen molar-refractivity contribution in [1.82, 2.24) is 9.97 Å². The lowest BCUT2D eigenvalue weighted by atomic mass is 10.1. The first-order chi connectivity index (χ1) is 6.70. The Kier molecular flexibility index (Phi) is 2.37. The summed E-state index contributed by atoms with van der Waals surface area (Å²) >= 11 is 0. The van der Waals surface area contributed by atoms with Gasteiger partial charge in [0.05, 0.1) is 5.69 Å². The first-order valence-electron chi connectivity index (χ1n) is 5.02. The molecule has 4 heteroatoms. The summed E-state index contributed by atoms with van der Waals surface area (Å²) in [6.45, 7) is 2.51. The molecule has 1 aromatic heterocycles. The van der Waals surface area contributed by atoms with E-state index in [0.717, 1.165) is 24.4 Å². The van der Waals surface area contributed by atoms with E-state index < -0.39 is 0 Å². The van der Waals surface area contributed by atoms with Crippen LogP contribution in [0.4, 0.5) is 0 Å². The highest BCUT2D eigenvalue weighted by Gasteiger charge is 2.26. The van der Waals surface area contributed by atoms with E-state index in [1.807, 2.05) is 6.92 Å². The standard InChI is InChI=1S/C10H15N3O/c1-6(5-11)8-4-9(14)13-10(12-8)7-2-3-7/h4,6-7H,2-3,5,11H2,1H3,(H,12,13,14). The van der Waals surface area contributed by atoms with Crippen LogP contribution in [0.5, 0.6) is 0 Å². The van der Waals surface area contributed by atoms with Crippen LogP contribution in [0, 0.1) is 0 Å². The maximum Gasteiger partial charge on any atom is 0.251 e. The van der Waals surface area contributed by atoms with E-state index in [4.69, 9.17) is 5.73 Å². The van der Waals surface area contributed by atoms with E-state index in [1.165, 1.54) is 0 Å². The fourth-order valence-corrected chi connectivity index (χ4v) is 1.42. The lowest BCUT2D eigenvalue weighted by Crippen LogP contribution is -2.17. The molecule has 76 valence electrons. The van der Waals surface area contributed by atoms with E-state index >= 15 is 0 Å². The van der Waals surface area contributed by atoms with E-state index in [9.17, 15) is 4.79 Å². The van der Waals surface area contributed by atoms with Crippen molar-refractivity contribution >= 4 is 0 Å². The third-order valence-corrected chi connectivity index (χ3v) is 2.60. The summed E-state index contributed by atoms with van der Waals surface area (Å²) in [5.74, 6) is 1.48. The number of nitrogens with zero attached hydrogens (tertiary/aromatic N) is 1. The Morgan fingerprint density at radius 3 is 3.00 bits per heavy atom.